The number of aromatic hydroxyl groups is 1. The van der Waals surface area contributed by atoms with E-state index in [0.717, 1.165) is 12.8 Å². The molecule has 1 atom stereocenters. The molecule has 0 amide bonds. The van der Waals surface area contributed by atoms with Gasteiger partial charge in [-0.05, 0) is 37.0 Å². The van der Waals surface area contributed by atoms with E-state index in [9.17, 15) is 5.11 Å². The molecule has 1 aromatic carbocycles. The average Bonchev–Trinajstić information content (AvgIpc) is 3.01. The molecule has 1 fully saturated rings. The smallest absolute Gasteiger partial charge is 0.120 e. The zero-order chi connectivity index (χ0) is 10.1. The summed E-state index contributed by atoms with van der Waals surface area (Å²) in [7, 11) is 0. The quantitative estimate of drug-likeness (QED) is 0.741. The van der Waals surface area contributed by atoms with Crippen molar-refractivity contribution in [3.63, 3.8) is 0 Å². The molecule has 72 valence electrons. The molecule has 0 spiro atoms. The number of rotatable bonds is 2. The van der Waals surface area contributed by atoms with Crippen molar-refractivity contribution < 1.29 is 5.11 Å². The van der Waals surface area contributed by atoms with Gasteiger partial charge in [0, 0.05) is 11.6 Å². The fourth-order valence-electron chi connectivity index (χ4n) is 1.60. The zero-order valence-electron chi connectivity index (χ0n) is 7.77. The van der Waals surface area contributed by atoms with Crippen molar-refractivity contribution in [2.75, 3.05) is 0 Å². The number of nitriles is 1. The van der Waals surface area contributed by atoms with Crippen LogP contribution in [-0.2, 0) is 0 Å². The number of phenols is 1. The van der Waals surface area contributed by atoms with Gasteiger partial charge in [-0.1, -0.05) is 0 Å². The number of phenolic OH excluding ortho intramolecular Hbond substituents is 1. The molecule has 2 rings (SSSR count). The SMILES string of the molecule is N#Cc1ccc(O)c([C@@H](N)C2CC2)c1. The molecule has 0 unspecified atom stereocenters. The molecule has 1 aliphatic carbocycles. The minimum atomic E-state index is -0.122. The topological polar surface area (TPSA) is 70.0 Å². The molecule has 0 radical (unpaired) electrons. The van der Waals surface area contributed by atoms with Crippen molar-refractivity contribution in [1.29, 1.82) is 5.26 Å². The van der Waals surface area contributed by atoms with Gasteiger partial charge in [0.05, 0.1) is 11.6 Å². The Kier molecular flexibility index (Phi) is 2.14. The fourth-order valence-corrected chi connectivity index (χ4v) is 1.60. The number of hydrogen-bond acceptors (Lipinski definition) is 3. The van der Waals surface area contributed by atoms with Crippen LogP contribution in [0, 0.1) is 17.2 Å². The van der Waals surface area contributed by atoms with E-state index in [1.807, 2.05) is 6.07 Å². The summed E-state index contributed by atoms with van der Waals surface area (Å²) in [6.07, 6.45) is 2.24. The summed E-state index contributed by atoms with van der Waals surface area (Å²) < 4.78 is 0. The maximum absolute atomic E-state index is 9.59. The Morgan fingerprint density at radius 2 is 2.21 bits per heavy atom. The van der Waals surface area contributed by atoms with E-state index in [1.54, 1.807) is 12.1 Å². The van der Waals surface area contributed by atoms with Gasteiger partial charge in [0.25, 0.3) is 0 Å². The van der Waals surface area contributed by atoms with Gasteiger partial charge >= 0.3 is 0 Å². The highest BCUT2D eigenvalue weighted by atomic mass is 16.3. The molecule has 1 saturated carbocycles. The predicted molar refractivity (Wildman–Crippen MR) is 52.5 cm³/mol. The van der Waals surface area contributed by atoms with E-state index in [-0.39, 0.29) is 11.8 Å². The minimum Gasteiger partial charge on any atom is -0.508 e. The van der Waals surface area contributed by atoms with Gasteiger partial charge in [0.15, 0.2) is 0 Å². The summed E-state index contributed by atoms with van der Waals surface area (Å²) in [5.41, 5.74) is 7.21. The highest BCUT2D eigenvalue weighted by Gasteiger charge is 2.31. The Labute approximate surface area is 82.8 Å². The van der Waals surface area contributed by atoms with Gasteiger partial charge < -0.3 is 10.8 Å². The van der Waals surface area contributed by atoms with Crippen LogP contribution in [0.5, 0.6) is 5.75 Å². The Morgan fingerprint density at radius 1 is 1.50 bits per heavy atom. The van der Waals surface area contributed by atoms with Gasteiger partial charge in [-0.25, -0.2) is 0 Å². The average molecular weight is 188 g/mol. The second-order valence-corrected chi connectivity index (χ2v) is 3.75. The fraction of sp³-hybridized carbons (Fsp3) is 0.364. The summed E-state index contributed by atoms with van der Waals surface area (Å²) >= 11 is 0. The molecule has 0 aromatic heterocycles. The summed E-state index contributed by atoms with van der Waals surface area (Å²) in [6, 6.07) is 6.73. The monoisotopic (exact) mass is 188 g/mol. The third-order valence-corrected chi connectivity index (χ3v) is 2.65. The van der Waals surface area contributed by atoms with Crippen molar-refractivity contribution in [1.82, 2.24) is 0 Å². The molecule has 1 aromatic rings. The van der Waals surface area contributed by atoms with Crippen molar-refractivity contribution in [2.45, 2.75) is 18.9 Å². The molecule has 3 nitrogen and oxygen atoms in total. The third-order valence-electron chi connectivity index (χ3n) is 2.65. The van der Waals surface area contributed by atoms with E-state index in [2.05, 4.69) is 0 Å². The highest BCUT2D eigenvalue weighted by Crippen LogP contribution is 2.41. The van der Waals surface area contributed by atoms with Crippen LogP contribution in [0.4, 0.5) is 0 Å². The number of nitrogens with zero attached hydrogens (tertiary/aromatic N) is 1. The van der Waals surface area contributed by atoms with Crippen molar-refractivity contribution in [3.8, 4) is 11.8 Å². The van der Waals surface area contributed by atoms with Crippen LogP contribution >= 0.6 is 0 Å². The number of benzene rings is 1. The van der Waals surface area contributed by atoms with Gasteiger partial charge in [0.1, 0.15) is 5.75 Å². The van der Waals surface area contributed by atoms with Gasteiger partial charge in [-0.3, -0.25) is 0 Å². The zero-order valence-corrected chi connectivity index (χ0v) is 7.77. The molecule has 14 heavy (non-hydrogen) atoms. The lowest BCUT2D eigenvalue weighted by Crippen LogP contribution is -2.12. The Bertz CT molecular complexity index is 391. The van der Waals surface area contributed by atoms with Crippen molar-refractivity contribution in [2.24, 2.45) is 11.7 Å². The summed E-state index contributed by atoms with van der Waals surface area (Å²) in [6.45, 7) is 0. The van der Waals surface area contributed by atoms with Gasteiger partial charge in [-0.2, -0.15) is 5.26 Å². The molecule has 1 aliphatic rings. The van der Waals surface area contributed by atoms with Crippen LogP contribution in [0.1, 0.15) is 30.0 Å². The lowest BCUT2D eigenvalue weighted by atomic mass is 10.0. The van der Waals surface area contributed by atoms with E-state index in [4.69, 9.17) is 11.0 Å². The normalized spacial score (nSPS) is 17.4. The van der Waals surface area contributed by atoms with Crippen LogP contribution in [0.15, 0.2) is 18.2 Å². The highest BCUT2D eigenvalue weighted by molar-refractivity contribution is 5.43. The first-order valence-corrected chi connectivity index (χ1v) is 4.71. The largest absolute Gasteiger partial charge is 0.508 e. The van der Waals surface area contributed by atoms with Crippen LogP contribution in [0.2, 0.25) is 0 Å². The standard InChI is InChI=1S/C11H12N2O/c12-6-7-1-4-10(14)9(5-7)11(13)8-2-3-8/h1,4-5,8,11,14H,2-3,13H2/t11-/m0/s1. The maximum Gasteiger partial charge on any atom is 0.120 e. The van der Waals surface area contributed by atoms with E-state index in [1.165, 1.54) is 6.07 Å². The Hall–Kier alpha value is -1.53. The minimum absolute atomic E-state index is 0.122. The van der Waals surface area contributed by atoms with Crippen LogP contribution in [0.3, 0.4) is 0 Å². The van der Waals surface area contributed by atoms with E-state index < -0.39 is 0 Å². The Balaban J connectivity index is 2.35. The molecule has 0 aliphatic heterocycles. The van der Waals surface area contributed by atoms with Crippen molar-refractivity contribution >= 4 is 0 Å². The summed E-state index contributed by atoms with van der Waals surface area (Å²) in [4.78, 5) is 0. The molecule has 0 saturated heterocycles. The summed E-state index contributed by atoms with van der Waals surface area (Å²) in [5.74, 6) is 0.679. The first kappa shape index (κ1) is 9.04. The number of hydrogen-bond donors (Lipinski definition) is 2. The molecule has 3 heteroatoms. The maximum atomic E-state index is 9.59. The van der Waals surface area contributed by atoms with Gasteiger partial charge in [0.2, 0.25) is 0 Å². The first-order valence-electron chi connectivity index (χ1n) is 4.71. The second kappa shape index (κ2) is 3.32. The lowest BCUT2D eigenvalue weighted by molar-refractivity contribution is 0.456. The van der Waals surface area contributed by atoms with Gasteiger partial charge in [-0.15, -0.1) is 0 Å². The Morgan fingerprint density at radius 3 is 2.79 bits per heavy atom. The van der Waals surface area contributed by atoms with Crippen LogP contribution in [0.25, 0.3) is 0 Å². The summed E-state index contributed by atoms with van der Waals surface area (Å²) in [5, 5.41) is 18.3. The van der Waals surface area contributed by atoms with E-state index in [0.29, 0.717) is 17.0 Å². The first-order chi connectivity index (χ1) is 6.72. The second-order valence-electron chi connectivity index (χ2n) is 3.75. The molecule has 0 heterocycles. The van der Waals surface area contributed by atoms with Crippen LogP contribution in [-0.4, -0.2) is 5.11 Å². The molecule has 3 N–H and O–H groups in total. The van der Waals surface area contributed by atoms with Crippen molar-refractivity contribution in [3.05, 3.63) is 29.3 Å². The predicted octanol–water partition coefficient (Wildman–Crippen LogP) is 1.67. The molecule has 0 bridgehead atoms. The number of nitrogens with two attached hydrogens (primary N) is 1. The lowest BCUT2D eigenvalue weighted by Gasteiger charge is -2.12. The molecular formula is C11H12N2O. The third kappa shape index (κ3) is 1.57. The molecular weight excluding hydrogens is 176 g/mol. The van der Waals surface area contributed by atoms with E-state index >= 15 is 0 Å². The van der Waals surface area contributed by atoms with Crippen LogP contribution < -0.4 is 5.73 Å².